The molecule has 0 aliphatic carbocycles. The standard InChI is InChI=1S/C9H7F2N3/c10-6-1-2-7(12)9(11)8(6)5-3-13-14-4-5/h1-4H,12H2,(H,13,14). The van der Waals surface area contributed by atoms with Crippen LogP contribution in [0, 0.1) is 11.6 Å². The van der Waals surface area contributed by atoms with E-state index in [1.165, 1.54) is 18.5 Å². The number of hydrogen-bond acceptors (Lipinski definition) is 2. The Morgan fingerprint density at radius 2 is 2.07 bits per heavy atom. The van der Waals surface area contributed by atoms with Crippen molar-refractivity contribution in [2.45, 2.75) is 0 Å². The average Bonchev–Trinajstić information content (AvgIpc) is 2.65. The van der Waals surface area contributed by atoms with Gasteiger partial charge in [-0.05, 0) is 12.1 Å². The van der Waals surface area contributed by atoms with Gasteiger partial charge in [-0.1, -0.05) is 0 Å². The molecule has 1 aromatic heterocycles. The maximum Gasteiger partial charge on any atom is 0.156 e. The number of benzene rings is 1. The molecule has 0 bridgehead atoms. The summed E-state index contributed by atoms with van der Waals surface area (Å²) in [6.45, 7) is 0. The molecule has 3 nitrogen and oxygen atoms in total. The Bertz CT molecular complexity index is 451. The van der Waals surface area contributed by atoms with Crippen LogP contribution in [0.1, 0.15) is 0 Å². The molecule has 1 heterocycles. The predicted molar refractivity (Wildman–Crippen MR) is 48.4 cm³/mol. The maximum absolute atomic E-state index is 13.4. The molecular weight excluding hydrogens is 188 g/mol. The molecule has 0 aliphatic heterocycles. The largest absolute Gasteiger partial charge is 0.396 e. The molecule has 14 heavy (non-hydrogen) atoms. The first-order chi connectivity index (χ1) is 6.70. The summed E-state index contributed by atoms with van der Waals surface area (Å²) in [5, 5.41) is 6.09. The van der Waals surface area contributed by atoms with Gasteiger partial charge in [0, 0.05) is 11.8 Å². The molecule has 0 fully saturated rings. The van der Waals surface area contributed by atoms with Crippen LogP contribution >= 0.6 is 0 Å². The van der Waals surface area contributed by atoms with Crippen LogP contribution in [0.15, 0.2) is 24.5 Å². The highest BCUT2D eigenvalue weighted by atomic mass is 19.1. The summed E-state index contributed by atoms with van der Waals surface area (Å²) in [5.41, 5.74) is 5.43. The van der Waals surface area contributed by atoms with E-state index in [-0.39, 0.29) is 11.3 Å². The molecule has 0 unspecified atom stereocenters. The van der Waals surface area contributed by atoms with Crippen LogP contribution in [-0.2, 0) is 0 Å². The van der Waals surface area contributed by atoms with Crippen molar-refractivity contribution in [1.29, 1.82) is 0 Å². The highest BCUT2D eigenvalue weighted by Gasteiger charge is 2.14. The van der Waals surface area contributed by atoms with Crippen LogP contribution in [0.25, 0.3) is 11.1 Å². The normalized spacial score (nSPS) is 10.4. The maximum atomic E-state index is 13.4. The number of aromatic amines is 1. The number of nitrogens with one attached hydrogen (secondary N) is 1. The zero-order valence-electron chi connectivity index (χ0n) is 7.09. The number of hydrogen-bond donors (Lipinski definition) is 2. The first kappa shape index (κ1) is 8.68. The van der Waals surface area contributed by atoms with Gasteiger partial charge in [-0.25, -0.2) is 8.78 Å². The Balaban J connectivity index is 2.69. The van der Waals surface area contributed by atoms with Gasteiger partial charge in [0.2, 0.25) is 0 Å². The lowest BCUT2D eigenvalue weighted by atomic mass is 10.1. The molecule has 0 aliphatic rings. The molecule has 5 heteroatoms. The van der Waals surface area contributed by atoms with E-state index in [1.807, 2.05) is 0 Å². The number of anilines is 1. The summed E-state index contributed by atoms with van der Waals surface area (Å²) in [4.78, 5) is 0. The van der Waals surface area contributed by atoms with Crippen molar-refractivity contribution >= 4 is 5.69 Å². The summed E-state index contributed by atoms with van der Waals surface area (Å²) in [6.07, 6.45) is 2.74. The molecule has 72 valence electrons. The van der Waals surface area contributed by atoms with Crippen LogP contribution in [0.4, 0.5) is 14.5 Å². The second-order valence-corrected chi connectivity index (χ2v) is 2.81. The number of rotatable bonds is 1. The fourth-order valence-electron chi connectivity index (χ4n) is 1.22. The summed E-state index contributed by atoms with van der Waals surface area (Å²) < 4.78 is 26.7. The molecule has 0 saturated heterocycles. The Hall–Kier alpha value is -1.91. The molecule has 0 atom stereocenters. The van der Waals surface area contributed by atoms with Crippen LogP contribution in [-0.4, -0.2) is 10.2 Å². The molecule has 0 amide bonds. The second kappa shape index (κ2) is 3.10. The zero-order valence-corrected chi connectivity index (χ0v) is 7.09. The number of nitrogen functional groups attached to an aromatic ring is 1. The number of aromatic nitrogens is 2. The van der Waals surface area contributed by atoms with E-state index in [0.717, 1.165) is 6.07 Å². The fraction of sp³-hybridized carbons (Fsp3) is 0. The van der Waals surface area contributed by atoms with Gasteiger partial charge in [0.1, 0.15) is 5.82 Å². The minimum atomic E-state index is -0.758. The molecule has 0 saturated carbocycles. The molecule has 0 radical (unpaired) electrons. The minimum Gasteiger partial charge on any atom is -0.396 e. The lowest BCUT2D eigenvalue weighted by Crippen LogP contribution is -1.95. The van der Waals surface area contributed by atoms with Crippen molar-refractivity contribution in [3.8, 4) is 11.1 Å². The Labute approximate surface area is 78.6 Å². The van der Waals surface area contributed by atoms with Crippen molar-refractivity contribution < 1.29 is 8.78 Å². The summed E-state index contributed by atoms with van der Waals surface area (Å²) >= 11 is 0. The quantitative estimate of drug-likeness (QED) is 0.683. The lowest BCUT2D eigenvalue weighted by molar-refractivity contribution is 0.592. The van der Waals surface area contributed by atoms with Crippen molar-refractivity contribution in [2.75, 3.05) is 5.73 Å². The van der Waals surface area contributed by atoms with E-state index in [2.05, 4.69) is 10.2 Å². The summed E-state index contributed by atoms with van der Waals surface area (Å²) in [7, 11) is 0. The lowest BCUT2D eigenvalue weighted by Gasteiger charge is -2.03. The second-order valence-electron chi connectivity index (χ2n) is 2.81. The Morgan fingerprint density at radius 1 is 1.29 bits per heavy atom. The molecule has 0 spiro atoms. The molecular formula is C9H7F2N3. The first-order valence-corrected chi connectivity index (χ1v) is 3.93. The number of halogens is 2. The van der Waals surface area contributed by atoms with Crippen LogP contribution < -0.4 is 5.73 Å². The SMILES string of the molecule is Nc1ccc(F)c(-c2cn[nH]c2)c1F. The smallest absolute Gasteiger partial charge is 0.156 e. The van der Waals surface area contributed by atoms with Crippen molar-refractivity contribution in [1.82, 2.24) is 10.2 Å². The van der Waals surface area contributed by atoms with Gasteiger partial charge >= 0.3 is 0 Å². The monoisotopic (exact) mass is 195 g/mol. The van der Waals surface area contributed by atoms with Crippen LogP contribution in [0.3, 0.4) is 0 Å². The highest BCUT2D eigenvalue weighted by molar-refractivity contribution is 5.67. The topological polar surface area (TPSA) is 54.7 Å². The fourth-order valence-corrected chi connectivity index (χ4v) is 1.22. The zero-order chi connectivity index (χ0) is 10.1. The van der Waals surface area contributed by atoms with Gasteiger partial charge in [0.25, 0.3) is 0 Å². The van der Waals surface area contributed by atoms with E-state index in [4.69, 9.17) is 5.73 Å². The van der Waals surface area contributed by atoms with Gasteiger partial charge in [0.15, 0.2) is 5.82 Å². The van der Waals surface area contributed by atoms with Crippen molar-refractivity contribution in [3.63, 3.8) is 0 Å². The Kier molecular flexibility index (Phi) is 1.92. The highest BCUT2D eigenvalue weighted by Crippen LogP contribution is 2.28. The van der Waals surface area contributed by atoms with Gasteiger partial charge in [-0.2, -0.15) is 5.10 Å². The molecule has 2 rings (SSSR count). The number of nitrogens with two attached hydrogens (primary N) is 1. The van der Waals surface area contributed by atoms with Crippen molar-refractivity contribution in [3.05, 3.63) is 36.2 Å². The third-order valence-electron chi connectivity index (χ3n) is 1.91. The van der Waals surface area contributed by atoms with Gasteiger partial charge in [0.05, 0.1) is 17.4 Å². The third-order valence-corrected chi connectivity index (χ3v) is 1.91. The van der Waals surface area contributed by atoms with Crippen molar-refractivity contribution in [2.24, 2.45) is 0 Å². The van der Waals surface area contributed by atoms with Gasteiger partial charge < -0.3 is 5.73 Å². The van der Waals surface area contributed by atoms with E-state index in [1.54, 1.807) is 0 Å². The van der Waals surface area contributed by atoms with E-state index < -0.39 is 11.6 Å². The van der Waals surface area contributed by atoms with E-state index >= 15 is 0 Å². The summed E-state index contributed by atoms with van der Waals surface area (Å²) in [5.74, 6) is -1.41. The Morgan fingerprint density at radius 3 is 2.71 bits per heavy atom. The molecule has 1 aromatic carbocycles. The number of nitrogens with zero attached hydrogens (tertiary/aromatic N) is 1. The molecule has 3 N–H and O–H groups in total. The van der Waals surface area contributed by atoms with Gasteiger partial charge in [-0.3, -0.25) is 5.10 Å². The van der Waals surface area contributed by atoms with Crippen LogP contribution in [0.2, 0.25) is 0 Å². The van der Waals surface area contributed by atoms with E-state index in [9.17, 15) is 8.78 Å². The summed E-state index contributed by atoms with van der Waals surface area (Å²) in [6, 6.07) is 2.31. The average molecular weight is 195 g/mol. The predicted octanol–water partition coefficient (Wildman–Crippen LogP) is 1.94. The first-order valence-electron chi connectivity index (χ1n) is 3.93. The number of H-pyrrole nitrogens is 1. The van der Waals surface area contributed by atoms with Gasteiger partial charge in [-0.15, -0.1) is 0 Å². The van der Waals surface area contributed by atoms with E-state index in [0.29, 0.717) is 5.56 Å². The van der Waals surface area contributed by atoms with Crippen LogP contribution in [0.5, 0.6) is 0 Å². The molecule has 2 aromatic rings. The minimum absolute atomic E-state index is 0.0809. The third kappa shape index (κ3) is 1.22.